The summed E-state index contributed by atoms with van der Waals surface area (Å²) in [6.07, 6.45) is -4.68. The predicted molar refractivity (Wildman–Crippen MR) is 122 cm³/mol. The Balaban J connectivity index is 1.75. The number of esters is 3. The molecule has 5 rings (SSSR count). The number of carbonyl (C=O) groups excluding carboxylic acids is 4. The van der Waals surface area contributed by atoms with Gasteiger partial charge < -0.3 is 34.3 Å². The van der Waals surface area contributed by atoms with Crippen molar-refractivity contribution in [3.63, 3.8) is 0 Å². The quantitative estimate of drug-likeness (QED) is 0.349. The van der Waals surface area contributed by atoms with Crippen molar-refractivity contribution in [3.05, 3.63) is 23.0 Å². The first-order valence-corrected chi connectivity index (χ1v) is 12.4. The Hall–Kier alpha value is -2.76. The molecule has 2 saturated heterocycles. The molecule has 0 aromatic rings. The number of fused-ring (bicyclic) bond motifs is 2. The van der Waals surface area contributed by atoms with Crippen LogP contribution in [0.3, 0.4) is 0 Å². The summed E-state index contributed by atoms with van der Waals surface area (Å²) in [7, 11) is 1.09. The molecule has 11 heteroatoms. The fourth-order valence-corrected chi connectivity index (χ4v) is 7.84. The molecule has 2 heterocycles. The Morgan fingerprint density at radius 2 is 1.89 bits per heavy atom. The van der Waals surface area contributed by atoms with Gasteiger partial charge in [0.15, 0.2) is 5.76 Å². The molecule has 3 N–H and O–H groups in total. The van der Waals surface area contributed by atoms with Crippen LogP contribution in [0.25, 0.3) is 0 Å². The first-order chi connectivity index (χ1) is 17.3. The second-order valence-corrected chi connectivity index (χ2v) is 11.5. The summed E-state index contributed by atoms with van der Waals surface area (Å²) < 4.78 is 22.5. The fraction of sp³-hybridized carbons (Fsp3) is 0.692. The number of hydrogen-bond donors (Lipinski definition) is 3. The molecule has 2 saturated carbocycles. The van der Waals surface area contributed by atoms with Crippen LogP contribution in [-0.4, -0.2) is 82.7 Å². The smallest absolute Gasteiger partial charge is 0.348 e. The molecule has 3 aliphatic carbocycles. The van der Waals surface area contributed by atoms with E-state index in [0.717, 1.165) is 7.11 Å². The third-order valence-corrected chi connectivity index (χ3v) is 9.16. The number of aliphatic hydroxyl groups excluding tert-OH is 3. The third-order valence-electron chi connectivity index (χ3n) is 9.16. The highest BCUT2D eigenvalue weighted by atomic mass is 16.6. The molecule has 2 unspecified atom stereocenters. The van der Waals surface area contributed by atoms with Gasteiger partial charge in [-0.3, -0.25) is 9.59 Å². The minimum Gasteiger partial charge on any atom is -0.504 e. The number of rotatable bonds is 4. The average Bonchev–Trinajstić information content (AvgIpc) is 3.12. The zero-order chi connectivity index (χ0) is 27.2. The predicted octanol–water partition coefficient (Wildman–Crippen LogP) is 0.517. The van der Waals surface area contributed by atoms with E-state index < -0.39 is 82.1 Å². The van der Waals surface area contributed by atoms with Gasteiger partial charge in [-0.05, 0) is 24.5 Å². The molecular weight excluding hydrogens is 488 g/mol. The molecule has 2 bridgehead atoms. The van der Waals surface area contributed by atoms with E-state index in [0.29, 0.717) is 5.57 Å². The van der Waals surface area contributed by atoms with Gasteiger partial charge in [0.2, 0.25) is 17.5 Å². The van der Waals surface area contributed by atoms with Crippen LogP contribution in [-0.2, 0) is 38.1 Å². The van der Waals surface area contributed by atoms with Crippen molar-refractivity contribution >= 4 is 23.7 Å². The van der Waals surface area contributed by atoms with Crippen molar-refractivity contribution in [1.29, 1.82) is 0 Å². The van der Waals surface area contributed by atoms with Crippen molar-refractivity contribution in [2.24, 2.45) is 28.6 Å². The molecular formula is C26H32O11. The molecule has 202 valence electrons. The number of ketones is 1. The molecule has 1 spiro atoms. The van der Waals surface area contributed by atoms with Gasteiger partial charge in [0, 0.05) is 35.2 Å². The second-order valence-electron chi connectivity index (χ2n) is 11.5. The summed E-state index contributed by atoms with van der Waals surface area (Å²) in [4.78, 5) is 52.0. The molecule has 2 aliphatic heterocycles. The Morgan fingerprint density at radius 1 is 1.22 bits per heavy atom. The highest BCUT2D eigenvalue weighted by Gasteiger charge is 2.84. The molecule has 11 nitrogen and oxygen atoms in total. The Bertz CT molecular complexity index is 1150. The molecule has 0 aromatic heterocycles. The van der Waals surface area contributed by atoms with Crippen LogP contribution in [0.5, 0.6) is 0 Å². The largest absolute Gasteiger partial charge is 0.504 e. The Morgan fingerprint density at radius 3 is 2.51 bits per heavy atom. The van der Waals surface area contributed by atoms with Crippen LogP contribution < -0.4 is 0 Å². The number of aliphatic hydroxyl groups is 3. The van der Waals surface area contributed by atoms with Gasteiger partial charge in [-0.15, -0.1) is 0 Å². The van der Waals surface area contributed by atoms with Crippen molar-refractivity contribution < 1.29 is 53.4 Å². The molecule has 0 radical (unpaired) electrons. The van der Waals surface area contributed by atoms with Gasteiger partial charge in [-0.25, -0.2) is 9.59 Å². The lowest BCUT2D eigenvalue weighted by Crippen LogP contribution is -2.78. The number of methoxy groups -OCH3 is 1. The van der Waals surface area contributed by atoms with Crippen LogP contribution in [0.4, 0.5) is 0 Å². The van der Waals surface area contributed by atoms with Crippen molar-refractivity contribution in [2.75, 3.05) is 13.7 Å². The normalized spacial score (nSPS) is 44.1. The average molecular weight is 521 g/mol. The van der Waals surface area contributed by atoms with Gasteiger partial charge in [-0.2, -0.15) is 0 Å². The van der Waals surface area contributed by atoms with E-state index in [9.17, 15) is 34.5 Å². The minimum absolute atomic E-state index is 0.00383. The van der Waals surface area contributed by atoms with Crippen LogP contribution in [0.15, 0.2) is 23.0 Å². The fourth-order valence-electron chi connectivity index (χ4n) is 7.84. The van der Waals surface area contributed by atoms with Gasteiger partial charge in [0.1, 0.15) is 12.2 Å². The molecule has 5 aliphatic rings. The number of carbonyl (C=O) groups is 4. The standard InChI is InChI=1S/C26H32O11/c1-10(2)6-15(28)37-18-20-25-9-35-26(20,23(33)34-5)21(31)17(30)19(25)24(4)8-13(27)16(29)11(3)12(24)7-14(25)36-22(18)32/h8,10,14,17-21,27,30-31H,6-7,9H2,1-5H3/t14-,17-,18-,19?,20?,21+,24+,25-,26+/m1/s1. The van der Waals surface area contributed by atoms with Crippen molar-refractivity contribution in [1.82, 2.24) is 0 Å². The number of hydrogen-bond acceptors (Lipinski definition) is 11. The molecule has 9 atom stereocenters. The zero-order valence-corrected chi connectivity index (χ0v) is 21.3. The summed E-state index contributed by atoms with van der Waals surface area (Å²) in [5, 5.41) is 33.6. The Labute approximate surface area is 213 Å². The molecule has 0 amide bonds. The second kappa shape index (κ2) is 8.12. The van der Waals surface area contributed by atoms with E-state index in [1.807, 2.05) is 0 Å². The monoisotopic (exact) mass is 520 g/mol. The lowest BCUT2D eigenvalue weighted by Gasteiger charge is -2.65. The zero-order valence-electron chi connectivity index (χ0n) is 21.3. The van der Waals surface area contributed by atoms with Crippen LogP contribution in [0, 0.1) is 28.6 Å². The van der Waals surface area contributed by atoms with E-state index in [4.69, 9.17) is 18.9 Å². The highest BCUT2D eigenvalue weighted by molar-refractivity contribution is 6.08. The van der Waals surface area contributed by atoms with E-state index in [-0.39, 0.29) is 30.9 Å². The lowest BCUT2D eigenvalue weighted by molar-refractivity contribution is -0.273. The van der Waals surface area contributed by atoms with E-state index >= 15 is 0 Å². The van der Waals surface area contributed by atoms with Gasteiger partial charge in [0.05, 0.1) is 25.7 Å². The van der Waals surface area contributed by atoms with Crippen LogP contribution in [0.1, 0.15) is 40.5 Å². The third kappa shape index (κ3) is 3.04. The van der Waals surface area contributed by atoms with E-state index in [1.165, 1.54) is 6.08 Å². The maximum absolute atomic E-state index is 13.4. The molecule has 0 aromatic carbocycles. The highest BCUT2D eigenvalue weighted by Crippen LogP contribution is 2.71. The van der Waals surface area contributed by atoms with Gasteiger partial charge in [-0.1, -0.05) is 20.8 Å². The Kier molecular flexibility index (Phi) is 5.68. The first-order valence-electron chi connectivity index (χ1n) is 12.4. The van der Waals surface area contributed by atoms with Crippen molar-refractivity contribution in [2.45, 2.75) is 70.6 Å². The number of ether oxygens (including phenoxy) is 4. The van der Waals surface area contributed by atoms with Crippen LogP contribution >= 0.6 is 0 Å². The molecule has 37 heavy (non-hydrogen) atoms. The van der Waals surface area contributed by atoms with E-state index in [2.05, 4.69) is 0 Å². The maximum Gasteiger partial charge on any atom is 0.348 e. The summed E-state index contributed by atoms with van der Waals surface area (Å²) in [5.74, 6) is -6.03. The number of Topliss-reactive ketones (excluding diaryl/α,β-unsaturated/α-hetero) is 1. The maximum atomic E-state index is 13.4. The summed E-state index contributed by atoms with van der Waals surface area (Å²) >= 11 is 0. The minimum atomic E-state index is -2.21. The van der Waals surface area contributed by atoms with Gasteiger partial charge in [0.25, 0.3) is 0 Å². The summed E-state index contributed by atoms with van der Waals surface area (Å²) in [6, 6.07) is 0. The first kappa shape index (κ1) is 25.9. The summed E-state index contributed by atoms with van der Waals surface area (Å²) in [6.45, 7) is 6.64. The lowest BCUT2D eigenvalue weighted by atomic mass is 9.40. The van der Waals surface area contributed by atoms with Crippen molar-refractivity contribution in [3.8, 4) is 0 Å². The molecule has 4 fully saturated rings. The topological polar surface area (TPSA) is 166 Å². The summed E-state index contributed by atoms with van der Waals surface area (Å²) in [5.41, 5.74) is -3.92. The SMILES string of the molecule is COC(=O)[C@@]12OC[C@]34C([C@@H](O)[C@@H]1O)[C@@]1(C)C=C(O)C(=O)C(C)=C1C[C@H]3OC(=O)[C@H](OC(=O)CC(C)C)C42. The number of allylic oxidation sites excluding steroid dienone is 2. The van der Waals surface area contributed by atoms with Crippen LogP contribution in [0.2, 0.25) is 0 Å². The van der Waals surface area contributed by atoms with Gasteiger partial charge >= 0.3 is 17.9 Å². The van der Waals surface area contributed by atoms with E-state index in [1.54, 1.807) is 27.7 Å².